The topological polar surface area (TPSA) is 38.0 Å². The molecule has 1 unspecified atom stereocenters. The highest BCUT2D eigenvalue weighted by atomic mass is 32.2. The van der Waals surface area contributed by atoms with E-state index in [2.05, 4.69) is 43.5 Å². The zero-order valence-corrected chi connectivity index (χ0v) is 10.3. The van der Waals surface area contributed by atoms with Crippen molar-refractivity contribution < 1.29 is 0 Å². The van der Waals surface area contributed by atoms with Gasteiger partial charge in [0.1, 0.15) is 0 Å². The second kappa shape index (κ2) is 6.88. The molecule has 0 aliphatic heterocycles. The van der Waals surface area contributed by atoms with Gasteiger partial charge in [-0.3, -0.25) is 11.3 Å². The first-order valence-corrected chi connectivity index (χ1v) is 6.51. The first-order chi connectivity index (χ1) is 7.26. The standard InChI is InChI=1S/C12H20N2S/c1-3-15-9-12(14-13)8-11-6-4-5-10(2)7-11/h4-7,12,14H,3,8-9,13H2,1-2H3. The molecule has 3 heteroatoms. The van der Waals surface area contributed by atoms with Crippen LogP contribution in [0.15, 0.2) is 24.3 Å². The molecule has 0 amide bonds. The van der Waals surface area contributed by atoms with Crippen LogP contribution in [0.3, 0.4) is 0 Å². The van der Waals surface area contributed by atoms with Crippen molar-refractivity contribution in [3.8, 4) is 0 Å². The minimum Gasteiger partial charge on any atom is -0.271 e. The van der Waals surface area contributed by atoms with Crippen LogP contribution in [-0.4, -0.2) is 17.5 Å². The fraction of sp³-hybridized carbons (Fsp3) is 0.500. The fourth-order valence-electron chi connectivity index (χ4n) is 1.55. The third-order valence-electron chi connectivity index (χ3n) is 2.32. The first kappa shape index (κ1) is 12.6. The number of nitrogens with one attached hydrogen (secondary N) is 1. The average Bonchev–Trinajstić information content (AvgIpc) is 2.24. The normalized spacial score (nSPS) is 12.7. The van der Waals surface area contributed by atoms with Gasteiger partial charge in [-0.2, -0.15) is 11.8 Å². The van der Waals surface area contributed by atoms with Crippen molar-refractivity contribution in [1.29, 1.82) is 0 Å². The average molecular weight is 224 g/mol. The summed E-state index contributed by atoms with van der Waals surface area (Å²) >= 11 is 1.92. The molecule has 0 saturated carbocycles. The lowest BCUT2D eigenvalue weighted by Gasteiger charge is -2.15. The van der Waals surface area contributed by atoms with Gasteiger partial charge in [0, 0.05) is 11.8 Å². The van der Waals surface area contributed by atoms with Crippen molar-refractivity contribution in [3.63, 3.8) is 0 Å². The van der Waals surface area contributed by atoms with Gasteiger partial charge in [0.15, 0.2) is 0 Å². The maximum absolute atomic E-state index is 5.54. The third-order valence-corrected chi connectivity index (χ3v) is 3.37. The van der Waals surface area contributed by atoms with E-state index < -0.39 is 0 Å². The van der Waals surface area contributed by atoms with Crippen LogP contribution in [-0.2, 0) is 6.42 Å². The van der Waals surface area contributed by atoms with Crippen LogP contribution >= 0.6 is 11.8 Å². The van der Waals surface area contributed by atoms with E-state index in [1.54, 1.807) is 0 Å². The Morgan fingerprint density at radius 1 is 1.47 bits per heavy atom. The molecule has 3 N–H and O–H groups in total. The molecule has 0 radical (unpaired) electrons. The van der Waals surface area contributed by atoms with Gasteiger partial charge in [-0.25, -0.2) is 0 Å². The monoisotopic (exact) mass is 224 g/mol. The van der Waals surface area contributed by atoms with Gasteiger partial charge in [-0.1, -0.05) is 36.8 Å². The summed E-state index contributed by atoms with van der Waals surface area (Å²) in [5.41, 5.74) is 5.55. The molecule has 0 saturated heterocycles. The van der Waals surface area contributed by atoms with E-state index in [1.165, 1.54) is 11.1 Å². The molecule has 1 atom stereocenters. The van der Waals surface area contributed by atoms with E-state index >= 15 is 0 Å². The Labute approximate surface area is 96.6 Å². The van der Waals surface area contributed by atoms with E-state index in [0.717, 1.165) is 17.9 Å². The predicted molar refractivity (Wildman–Crippen MR) is 69.0 cm³/mol. The van der Waals surface area contributed by atoms with Gasteiger partial charge in [0.25, 0.3) is 0 Å². The number of nitrogens with two attached hydrogens (primary N) is 1. The van der Waals surface area contributed by atoms with Crippen molar-refractivity contribution in [1.82, 2.24) is 5.43 Å². The van der Waals surface area contributed by atoms with Crippen LogP contribution in [0.25, 0.3) is 0 Å². The maximum Gasteiger partial charge on any atom is 0.0341 e. The van der Waals surface area contributed by atoms with Crippen molar-refractivity contribution >= 4 is 11.8 Å². The minimum absolute atomic E-state index is 0.372. The van der Waals surface area contributed by atoms with Crippen LogP contribution in [0, 0.1) is 6.92 Å². The van der Waals surface area contributed by atoms with E-state index in [4.69, 9.17) is 5.84 Å². The summed E-state index contributed by atoms with van der Waals surface area (Å²) in [6, 6.07) is 8.98. The molecule has 0 fully saturated rings. The molecule has 0 aliphatic carbocycles. The van der Waals surface area contributed by atoms with Crippen LogP contribution in [0.1, 0.15) is 18.1 Å². The van der Waals surface area contributed by atoms with Crippen LogP contribution in [0.5, 0.6) is 0 Å². The van der Waals surface area contributed by atoms with E-state index in [-0.39, 0.29) is 0 Å². The molecule has 1 rings (SSSR count). The summed E-state index contributed by atoms with van der Waals surface area (Å²) in [6.07, 6.45) is 1.01. The molecule has 2 nitrogen and oxygen atoms in total. The molecule has 0 spiro atoms. The summed E-state index contributed by atoms with van der Waals surface area (Å²) in [5.74, 6) is 7.75. The summed E-state index contributed by atoms with van der Waals surface area (Å²) in [4.78, 5) is 0. The lowest BCUT2D eigenvalue weighted by Crippen LogP contribution is -2.38. The Balaban J connectivity index is 2.50. The summed E-state index contributed by atoms with van der Waals surface area (Å²) in [5, 5.41) is 0. The highest BCUT2D eigenvalue weighted by Gasteiger charge is 2.07. The van der Waals surface area contributed by atoms with Gasteiger partial charge < -0.3 is 0 Å². The maximum atomic E-state index is 5.54. The number of hydrogen-bond donors (Lipinski definition) is 2. The first-order valence-electron chi connectivity index (χ1n) is 5.35. The summed E-state index contributed by atoms with van der Waals surface area (Å²) in [7, 11) is 0. The molecule has 15 heavy (non-hydrogen) atoms. The Morgan fingerprint density at radius 2 is 2.27 bits per heavy atom. The van der Waals surface area contributed by atoms with E-state index in [1.807, 2.05) is 11.8 Å². The second-order valence-corrected chi connectivity index (χ2v) is 5.04. The molecule has 0 bridgehead atoms. The highest BCUT2D eigenvalue weighted by molar-refractivity contribution is 7.99. The largest absolute Gasteiger partial charge is 0.271 e. The molecule has 0 aromatic heterocycles. The number of hydrazine groups is 1. The van der Waals surface area contributed by atoms with Crippen LogP contribution in [0.2, 0.25) is 0 Å². The van der Waals surface area contributed by atoms with E-state index in [0.29, 0.717) is 6.04 Å². The molecule has 1 aromatic carbocycles. The number of hydrogen-bond acceptors (Lipinski definition) is 3. The molecular weight excluding hydrogens is 204 g/mol. The van der Waals surface area contributed by atoms with Crippen molar-refractivity contribution in [2.75, 3.05) is 11.5 Å². The molecular formula is C12H20N2S. The van der Waals surface area contributed by atoms with Crippen molar-refractivity contribution in [3.05, 3.63) is 35.4 Å². The molecule has 84 valence electrons. The van der Waals surface area contributed by atoms with Crippen LogP contribution < -0.4 is 11.3 Å². The molecule has 1 aromatic rings. The van der Waals surface area contributed by atoms with Gasteiger partial charge in [0.05, 0.1) is 0 Å². The number of benzene rings is 1. The quantitative estimate of drug-likeness (QED) is 0.574. The number of thioether (sulfide) groups is 1. The van der Waals surface area contributed by atoms with Crippen molar-refractivity contribution in [2.45, 2.75) is 26.3 Å². The predicted octanol–water partition coefficient (Wildman–Crippen LogP) is 2.12. The summed E-state index contributed by atoms with van der Waals surface area (Å²) in [6.45, 7) is 4.29. The zero-order chi connectivity index (χ0) is 11.1. The zero-order valence-electron chi connectivity index (χ0n) is 9.49. The van der Waals surface area contributed by atoms with Gasteiger partial charge in [0.2, 0.25) is 0 Å². The Bertz CT molecular complexity index is 289. The Morgan fingerprint density at radius 3 is 2.87 bits per heavy atom. The lowest BCUT2D eigenvalue weighted by atomic mass is 10.1. The Hall–Kier alpha value is -0.510. The second-order valence-electron chi connectivity index (χ2n) is 3.72. The van der Waals surface area contributed by atoms with Crippen molar-refractivity contribution in [2.24, 2.45) is 5.84 Å². The summed E-state index contributed by atoms with van der Waals surface area (Å²) < 4.78 is 0. The number of rotatable bonds is 6. The smallest absolute Gasteiger partial charge is 0.0341 e. The number of aryl methyl sites for hydroxylation is 1. The van der Waals surface area contributed by atoms with E-state index in [9.17, 15) is 0 Å². The fourth-order valence-corrected chi connectivity index (χ4v) is 2.28. The lowest BCUT2D eigenvalue weighted by molar-refractivity contribution is 0.575. The highest BCUT2D eigenvalue weighted by Crippen LogP contribution is 2.10. The van der Waals surface area contributed by atoms with Crippen LogP contribution in [0.4, 0.5) is 0 Å². The molecule has 0 aliphatic rings. The van der Waals surface area contributed by atoms with Gasteiger partial charge in [-0.05, 0) is 24.7 Å². The minimum atomic E-state index is 0.372. The molecule has 0 heterocycles. The Kier molecular flexibility index (Phi) is 5.76. The SMILES string of the molecule is CCSCC(Cc1cccc(C)c1)NN. The third kappa shape index (κ3) is 4.69. The van der Waals surface area contributed by atoms with Gasteiger partial charge in [-0.15, -0.1) is 0 Å². The van der Waals surface area contributed by atoms with Gasteiger partial charge >= 0.3 is 0 Å².